The lowest BCUT2D eigenvalue weighted by Gasteiger charge is -2.30. The van der Waals surface area contributed by atoms with Crippen LogP contribution < -0.4 is 4.74 Å². The molecule has 38 heavy (non-hydrogen) atoms. The first kappa shape index (κ1) is 26.3. The van der Waals surface area contributed by atoms with Gasteiger partial charge in [-0.15, -0.1) is 0 Å². The quantitative estimate of drug-likeness (QED) is 0.282. The number of aryl methyl sites for hydroxylation is 1. The summed E-state index contributed by atoms with van der Waals surface area (Å²) in [4.78, 5) is 10.9. The van der Waals surface area contributed by atoms with Gasteiger partial charge in [0, 0.05) is 54.3 Å². The van der Waals surface area contributed by atoms with Crippen LogP contribution in [0.1, 0.15) is 53.9 Å². The summed E-state index contributed by atoms with van der Waals surface area (Å²) in [6, 6.07) is 9.14. The van der Waals surface area contributed by atoms with Crippen molar-refractivity contribution in [2.75, 3.05) is 19.7 Å². The van der Waals surface area contributed by atoms with Gasteiger partial charge in [0.1, 0.15) is 17.7 Å². The van der Waals surface area contributed by atoms with Crippen LogP contribution in [0.5, 0.6) is 5.75 Å². The standard InChI is InChI=1S/C29H31ClFN5O2/c1-18-13-32-15-25(30)29(18)19(2)38-23-5-6-27-24(11-23)28(35-34-27)12-26(31)21-3-4-22(33-14-21)16-36-9-7-20(17-37)8-10-36/h3-6,11-15,19-20,37H,7-10,16-17H2,1-2H3,(H,34,35)/b26-12-. The van der Waals surface area contributed by atoms with Gasteiger partial charge >= 0.3 is 0 Å². The number of halogens is 2. The molecule has 4 heterocycles. The first-order valence-corrected chi connectivity index (χ1v) is 13.2. The van der Waals surface area contributed by atoms with Crippen LogP contribution in [0.2, 0.25) is 5.02 Å². The zero-order valence-corrected chi connectivity index (χ0v) is 22.2. The Hall–Kier alpha value is -3.33. The fourth-order valence-corrected chi connectivity index (χ4v) is 5.30. The molecule has 3 aromatic heterocycles. The van der Waals surface area contributed by atoms with Gasteiger partial charge in [-0.05, 0) is 81.6 Å². The molecule has 1 aliphatic heterocycles. The molecular formula is C29H31ClFN5O2. The number of aromatic nitrogens is 4. The van der Waals surface area contributed by atoms with Crippen molar-refractivity contribution in [2.45, 2.75) is 39.3 Å². The first-order valence-electron chi connectivity index (χ1n) is 12.8. The number of fused-ring (bicyclic) bond motifs is 1. The minimum Gasteiger partial charge on any atom is -0.486 e. The number of aliphatic hydroxyl groups excluding tert-OH is 1. The van der Waals surface area contributed by atoms with E-state index in [0.29, 0.717) is 33.5 Å². The summed E-state index contributed by atoms with van der Waals surface area (Å²) in [5, 5.41) is 17.8. The van der Waals surface area contributed by atoms with Gasteiger partial charge in [-0.2, -0.15) is 5.10 Å². The summed E-state index contributed by atoms with van der Waals surface area (Å²) < 4.78 is 21.4. The van der Waals surface area contributed by atoms with Gasteiger partial charge in [0.05, 0.1) is 21.9 Å². The highest BCUT2D eigenvalue weighted by atomic mass is 35.5. The van der Waals surface area contributed by atoms with Crippen molar-refractivity contribution >= 4 is 34.4 Å². The second-order valence-electron chi connectivity index (χ2n) is 9.86. The van der Waals surface area contributed by atoms with E-state index < -0.39 is 5.83 Å². The smallest absolute Gasteiger partial charge is 0.134 e. The molecule has 0 saturated carbocycles. The number of pyridine rings is 2. The van der Waals surface area contributed by atoms with E-state index in [1.54, 1.807) is 24.7 Å². The van der Waals surface area contributed by atoms with E-state index >= 15 is 4.39 Å². The molecule has 1 aliphatic rings. The Balaban J connectivity index is 1.30. The Kier molecular flexibility index (Phi) is 8.02. The van der Waals surface area contributed by atoms with Crippen LogP contribution in [-0.4, -0.2) is 49.9 Å². The number of nitrogens with one attached hydrogen (secondary N) is 1. The summed E-state index contributed by atoms with van der Waals surface area (Å²) in [5.41, 5.74) is 4.39. The molecule has 0 radical (unpaired) electrons. The lowest BCUT2D eigenvalue weighted by molar-refractivity contribution is 0.126. The number of likely N-dealkylation sites (tertiary alicyclic amines) is 1. The van der Waals surface area contributed by atoms with Crippen molar-refractivity contribution in [3.8, 4) is 5.75 Å². The van der Waals surface area contributed by atoms with Gasteiger partial charge in [-0.1, -0.05) is 11.6 Å². The van der Waals surface area contributed by atoms with Gasteiger partial charge in [0.2, 0.25) is 0 Å². The minimum atomic E-state index is -0.405. The largest absolute Gasteiger partial charge is 0.486 e. The third-order valence-corrected chi connectivity index (χ3v) is 7.44. The van der Waals surface area contributed by atoms with Gasteiger partial charge < -0.3 is 9.84 Å². The maximum atomic E-state index is 15.2. The number of aromatic amines is 1. The molecule has 1 atom stereocenters. The van der Waals surface area contributed by atoms with Crippen molar-refractivity contribution in [3.05, 3.63) is 82.0 Å². The molecule has 1 unspecified atom stereocenters. The number of hydrogen-bond acceptors (Lipinski definition) is 6. The molecule has 5 rings (SSSR count). The highest BCUT2D eigenvalue weighted by Crippen LogP contribution is 2.32. The normalized spacial score (nSPS) is 16.2. The molecule has 2 N–H and O–H groups in total. The predicted molar refractivity (Wildman–Crippen MR) is 147 cm³/mol. The Morgan fingerprint density at radius 1 is 1.24 bits per heavy atom. The molecule has 4 aromatic rings. The SMILES string of the molecule is Cc1cncc(Cl)c1C(C)Oc1ccc2n[nH]c(/C=C(\F)c3ccc(CN4CCC(CO)CC4)nc3)c2c1. The Morgan fingerprint density at radius 3 is 2.76 bits per heavy atom. The number of piperidine rings is 1. The highest BCUT2D eigenvalue weighted by Gasteiger charge is 2.19. The number of benzene rings is 1. The molecule has 7 nitrogen and oxygen atoms in total. The van der Waals surface area contributed by atoms with E-state index in [9.17, 15) is 5.11 Å². The summed E-state index contributed by atoms with van der Waals surface area (Å²) in [7, 11) is 0. The molecule has 0 bridgehead atoms. The van der Waals surface area contributed by atoms with Crippen LogP contribution in [0.3, 0.4) is 0 Å². The molecule has 0 aliphatic carbocycles. The molecule has 198 valence electrons. The second-order valence-corrected chi connectivity index (χ2v) is 10.3. The maximum absolute atomic E-state index is 15.2. The Bertz CT molecular complexity index is 1410. The van der Waals surface area contributed by atoms with Crippen molar-refractivity contribution in [2.24, 2.45) is 5.92 Å². The average molecular weight is 536 g/mol. The Morgan fingerprint density at radius 2 is 2.05 bits per heavy atom. The van der Waals surface area contributed by atoms with E-state index in [0.717, 1.165) is 54.7 Å². The van der Waals surface area contributed by atoms with E-state index in [1.807, 2.05) is 38.1 Å². The van der Waals surface area contributed by atoms with Crippen molar-refractivity contribution in [1.29, 1.82) is 0 Å². The monoisotopic (exact) mass is 535 g/mol. The Labute approximate surface area is 226 Å². The van der Waals surface area contributed by atoms with E-state index in [2.05, 4.69) is 25.1 Å². The summed E-state index contributed by atoms with van der Waals surface area (Å²) >= 11 is 6.36. The van der Waals surface area contributed by atoms with Crippen LogP contribution >= 0.6 is 11.6 Å². The second kappa shape index (κ2) is 11.6. The zero-order chi connectivity index (χ0) is 26.6. The molecule has 0 spiro atoms. The number of rotatable bonds is 8. The van der Waals surface area contributed by atoms with Crippen molar-refractivity contribution in [1.82, 2.24) is 25.1 Å². The molecule has 1 saturated heterocycles. The van der Waals surface area contributed by atoms with Gasteiger partial charge in [-0.3, -0.25) is 20.0 Å². The topological polar surface area (TPSA) is 87.2 Å². The van der Waals surface area contributed by atoms with Gasteiger partial charge in [0.25, 0.3) is 0 Å². The van der Waals surface area contributed by atoms with Crippen LogP contribution in [0.15, 0.2) is 48.9 Å². The molecule has 1 fully saturated rings. The fourth-order valence-electron chi connectivity index (χ4n) is 4.94. The number of ether oxygens (including phenoxy) is 1. The van der Waals surface area contributed by atoms with Crippen molar-refractivity contribution < 1.29 is 14.2 Å². The lowest BCUT2D eigenvalue weighted by Crippen LogP contribution is -2.34. The summed E-state index contributed by atoms with van der Waals surface area (Å²) in [6.45, 7) is 6.74. The average Bonchev–Trinajstić information content (AvgIpc) is 3.31. The number of nitrogens with zero attached hydrogens (tertiary/aromatic N) is 4. The number of hydrogen-bond donors (Lipinski definition) is 2. The number of H-pyrrole nitrogens is 1. The third kappa shape index (κ3) is 5.88. The van der Waals surface area contributed by atoms with E-state index in [4.69, 9.17) is 16.3 Å². The molecule has 9 heteroatoms. The van der Waals surface area contributed by atoms with E-state index in [1.165, 1.54) is 6.08 Å². The first-order chi connectivity index (χ1) is 18.4. The summed E-state index contributed by atoms with van der Waals surface area (Å²) in [5.74, 6) is 0.620. The lowest BCUT2D eigenvalue weighted by atomic mass is 9.98. The maximum Gasteiger partial charge on any atom is 0.134 e. The van der Waals surface area contributed by atoms with E-state index in [-0.39, 0.29) is 12.7 Å². The van der Waals surface area contributed by atoms with Crippen molar-refractivity contribution in [3.63, 3.8) is 0 Å². The van der Waals surface area contributed by atoms with Crippen LogP contribution in [0.4, 0.5) is 4.39 Å². The third-order valence-electron chi connectivity index (χ3n) is 7.14. The molecular weight excluding hydrogens is 505 g/mol. The van der Waals surface area contributed by atoms with Gasteiger partial charge in [0.15, 0.2) is 0 Å². The zero-order valence-electron chi connectivity index (χ0n) is 21.5. The highest BCUT2D eigenvalue weighted by molar-refractivity contribution is 6.31. The number of aliphatic hydroxyl groups is 1. The predicted octanol–water partition coefficient (Wildman–Crippen LogP) is 6.13. The molecule has 0 amide bonds. The fraction of sp³-hybridized carbons (Fsp3) is 0.345. The minimum absolute atomic E-state index is 0.256. The van der Waals surface area contributed by atoms with Crippen LogP contribution in [-0.2, 0) is 6.54 Å². The molecule has 1 aromatic carbocycles. The van der Waals surface area contributed by atoms with Crippen LogP contribution in [0.25, 0.3) is 22.8 Å². The van der Waals surface area contributed by atoms with Crippen LogP contribution in [0, 0.1) is 12.8 Å². The van der Waals surface area contributed by atoms with Gasteiger partial charge in [-0.25, -0.2) is 4.39 Å². The summed E-state index contributed by atoms with van der Waals surface area (Å²) in [6.07, 6.45) is 8.06.